The molecular weight excluding hydrogens is 338 g/mol. The number of amides is 1. The van der Waals surface area contributed by atoms with E-state index >= 15 is 0 Å². The first kappa shape index (κ1) is 17.4. The summed E-state index contributed by atoms with van der Waals surface area (Å²) in [5, 5.41) is 12.0. The van der Waals surface area contributed by atoms with Crippen molar-refractivity contribution >= 4 is 5.91 Å². The second-order valence-electron chi connectivity index (χ2n) is 6.97. The Kier molecular flexibility index (Phi) is 5.23. The molecule has 4 rings (SSSR count). The number of aryl methyl sites for hydroxylation is 1. The predicted molar refractivity (Wildman–Crippen MR) is 102 cm³/mol. The van der Waals surface area contributed by atoms with Crippen molar-refractivity contribution in [3.8, 4) is 0 Å². The highest BCUT2D eigenvalue weighted by molar-refractivity contribution is 5.78. The number of rotatable bonds is 5. The molecule has 0 saturated carbocycles. The van der Waals surface area contributed by atoms with E-state index in [2.05, 4.69) is 37.2 Å². The number of carbonyl (C=O) groups excluding carboxylic acids is 1. The maximum absolute atomic E-state index is 12.3. The summed E-state index contributed by atoms with van der Waals surface area (Å²) in [6.45, 7) is 0.838. The summed E-state index contributed by atoms with van der Waals surface area (Å²) in [6.07, 6.45) is 7.24. The minimum atomic E-state index is 0.0633. The summed E-state index contributed by atoms with van der Waals surface area (Å²) >= 11 is 0. The van der Waals surface area contributed by atoms with E-state index in [0.717, 1.165) is 49.4 Å². The molecule has 0 fully saturated rings. The summed E-state index contributed by atoms with van der Waals surface area (Å²) in [7, 11) is 0. The Hall–Kier alpha value is -3.02. The van der Waals surface area contributed by atoms with Crippen LogP contribution in [0.5, 0.6) is 0 Å². The summed E-state index contributed by atoms with van der Waals surface area (Å²) in [5.74, 6) is 2.08. The Morgan fingerprint density at radius 1 is 1.04 bits per heavy atom. The van der Waals surface area contributed by atoms with Crippen molar-refractivity contribution in [1.29, 1.82) is 0 Å². The molecule has 6 heteroatoms. The van der Waals surface area contributed by atoms with Gasteiger partial charge in [0, 0.05) is 37.8 Å². The zero-order valence-corrected chi connectivity index (χ0v) is 15.2. The van der Waals surface area contributed by atoms with Crippen LogP contribution < -0.4 is 5.32 Å². The van der Waals surface area contributed by atoms with E-state index in [9.17, 15) is 4.79 Å². The van der Waals surface area contributed by atoms with Gasteiger partial charge in [-0.05, 0) is 36.1 Å². The van der Waals surface area contributed by atoms with Crippen LogP contribution in [0.25, 0.3) is 0 Å². The van der Waals surface area contributed by atoms with Crippen LogP contribution in [0.3, 0.4) is 0 Å². The molecule has 1 unspecified atom stereocenters. The SMILES string of the molecule is O=C(Cc1ccncc1)NC1CCc2nnc(Cc3ccccc3)n2CC1. The van der Waals surface area contributed by atoms with Gasteiger partial charge in [0.05, 0.1) is 6.42 Å². The summed E-state index contributed by atoms with van der Waals surface area (Å²) < 4.78 is 2.22. The van der Waals surface area contributed by atoms with Crippen molar-refractivity contribution in [2.24, 2.45) is 0 Å². The molecule has 1 aromatic carbocycles. The lowest BCUT2D eigenvalue weighted by molar-refractivity contribution is -0.121. The van der Waals surface area contributed by atoms with Crippen molar-refractivity contribution in [3.05, 3.63) is 77.6 Å². The van der Waals surface area contributed by atoms with E-state index in [0.29, 0.717) is 6.42 Å². The molecular formula is C21H23N5O. The molecule has 0 spiro atoms. The van der Waals surface area contributed by atoms with E-state index in [1.165, 1.54) is 5.56 Å². The third-order valence-electron chi connectivity index (χ3n) is 5.01. The fourth-order valence-electron chi connectivity index (χ4n) is 3.57. The van der Waals surface area contributed by atoms with Gasteiger partial charge in [-0.2, -0.15) is 0 Å². The second-order valence-corrected chi connectivity index (χ2v) is 6.97. The number of carbonyl (C=O) groups is 1. The number of hydrogen-bond donors (Lipinski definition) is 1. The molecule has 1 N–H and O–H groups in total. The number of nitrogens with one attached hydrogen (secondary N) is 1. The highest BCUT2D eigenvalue weighted by atomic mass is 16.1. The molecule has 3 aromatic rings. The van der Waals surface area contributed by atoms with Gasteiger partial charge in [-0.15, -0.1) is 10.2 Å². The van der Waals surface area contributed by atoms with Crippen LogP contribution in [0.15, 0.2) is 54.9 Å². The molecule has 6 nitrogen and oxygen atoms in total. The molecule has 1 amide bonds. The van der Waals surface area contributed by atoms with E-state index in [1.807, 2.05) is 30.3 Å². The Labute approximate surface area is 158 Å². The Bertz CT molecular complexity index is 891. The fraction of sp³-hybridized carbons (Fsp3) is 0.333. The smallest absolute Gasteiger partial charge is 0.224 e. The molecule has 27 heavy (non-hydrogen) atoms. The van der Waals surface area contributed by atoms with Crippen LogP contribution in [-0.2, 0) is 30.6 Å². The normalized spacial score (nSPS) is 16.4. The third-order valence-corrected chi connectivity index (χ3v) is 5.01. The van der Waals surface area contributed by atoms with Crippen molar-refractivity contribution in [2.75, 3.05) is 0 Å². The zero-order chi connectivity index (χ0) is 18.5. The minimum Gasteiger partial charge on any atom is -0.353 e. The molecule has 0 bridgehead atoms. The molecule has 138 valence electrons. The van der Waals surface area contributed by atoms with Crippen LogP contribution >= 0.6 is 0 Å². The zero-order valence-electron chi connectivity index (χ0n) is 15.2. The van der Waals surface area contributed by atoms with Gasteiger partial charge < -0.3 is 9.88 Å². The van der Waals surface area contributed by atoms with Crippen molar-refractivity contribution in [1.82, 2.24) is 25.1 Å². The monoisotopic (exact) mass is 361 g/mol. The molecule has 0 radical (unpaired) electrons. The van der Waals surface area contributed by atoms with Gasteiger partial charge in [-0.25, -0.2) is 0 Å². The van der Waals surface area contributed by atoms with Crippen LogP contribution in [-0.4, -0.2) is 31.7 Å². The van der Waals surface area contributed by atoms with Gasteiger partial charge in [0.15, 0.2) is 0 Å². The molecule has 1 aliphatic rings. The number of hydrogen-bond acceptors (Lipinski definition) is 4. The predicted octanol–water partition coefficient (Wildman–Crippen LogP) is 2.33. The van der Waals surface area contributed by atoms with Gasteiger partial charge in [-0.3, -0.25) is 9.78 Å². The number of benzene rings is 1. The van der Waals surface area contributed by atoms with Crippen LogP contribution in [0.2, 0.25) is 0 Å². The second kappa shape index (κ2) is 8.12. The first-order valence-corrected chi connectivity index (χ1v) is 9.41. The van der Waals surface area contributed by atoms with E-state index in [1.54, 1.807) is 12.4 Å². The number of nitrogens with zero attached hydrogens (tertiary/aromatic N) is 4. The van der Waals surface area contributed by atoms with Crippen LogP contribution in [0, 0.1) is 0 Å². The van der Waals surface area contributed by atoms with Crippen molar-refractivity contribution < 1.29 is 4.79 Å². The maximum atomic E-state index is 12.3. The highest BCUT2D eigenvalue weighted by Gasteiger charge is 2.21. The third kappa shape index (κ3) is 4.39. The number of fused-ring (bicyclic) bond motifs is 1. The Balaban J connectivity index is 1.36. The lowest BCUT2D eigenvalue weighted by Gasteiger charge is -2.16. The van der Waals surface area contributed by atoms with Gasteiger partial charge in [0.25, 0.3) is 0 Å². The fourth-order valence-corrected chi connectivity index (χ4v) is 3.57. The number of aromatic nitrogens is 4. The van der Waals surface area contributed by atoms with Gasteiger partial charge in [-0.1, -0.05) is 30.3 Å². The average molecular weight is 361 g/mol. The lowest BCUT2D eigenvalue weighted by Crippen LogP contribution is -2.36. The van der Waals surface area contributed by atoms with Crippen LogP contribution in [0.4, 0.5) is 0 Å². The van der Waals surface area contributed by atoms with E-state index in [-0.39, 0.29) is 11.9 Å². The van der Waals surface area contributed by atoms with Gasteiger partial charge >= 0.3 is 0 Å². The molecule has 0 saturated heterocycles. The first-order chi connectivity index (χ1) is 13.3. The maximum Gasteiger partial charge on any atom is 0.224 e. The lowest BCUT2D eigenvalue weighted by atomic mass is 10.1. The van der Waals surface area contributed by atoms with Gasteiger partial charge in [0.1, 0.15) is 11.6 Å². The average Bonchev–Trinajstić information content (AvgIpc) is 2.95. The first-order valence-electron chi connectivity index (χ1n) is 9.41. The van der Waals surface area contributed by atoms with Crippen molar-refractivity contribution in [2.45, 2.75) is 44.7 Å². The molecule has 2 aromatic heterocycles. The number of pyridine rings is 1. The Morgan fingerprint density at radius 3 is 2.67 bits per heavy atom. The molecule has 1 atom stereocenters. The summed E-state index contributed by atoms with van der Waals surface area (Å²) in [4.78, 5) is 16.3. The topological polar surface area (TPSA) is 72.7 Å². The molecule has 0 aliphatic carbocycles. The standard InChI is InChI=1S/C21H23N5O/c27-21(15-17-8-11-22-12-9-17)23-18-6-7-19-24-25-20(26(19)13-10-18)14-16-4-2-1-3-5-16/h1-5,8-9,11-12,18H,6-7,10,13-15H2,(H,23,27). The highest BCUT2D eigenvalue weighted by Crippen LogP contribution is 2.17. The molecule has 1 aliphatic heterocycles. The largest absolute Gasteiger partial charge is 0.353 e. The van der Waals surface area contributed by atoms with E-state index < -0.39 is 0 Å². The van der Waals surface area contributed by atoms with E-state index in [4.69, 9.17) is 0 Å². The summed E-state index contributed by atoms with van der Waals surface area (Å²) in [6, 6.07) is 14.3. The van der Waals surface area contributed by atoms with Crippen molar-refractivity contribution in [3.63, 3.8) is 0 Å². The molecule has 3 heterocycles. The summed E-state index contributed by atoms with van der Waals surface area (Å²) in [5.41, 5.74) is 2.22. The van der Waals surface area contributed by atoms with Gasteiger partial charge in [0.2, 0.25) is 5.91 Å². The quantitative estimate of drug-likeness (QED) is 0.757. The van der Waals surface area contributed by atoms with Crippen LogP contribution in [0.1, 0.15) is 35.6 Å². The minimum absolute atomic E-state index is 0.0633. The Morgan fingerprint density at radius 2 is 1.85 bits per heavy atom.